The van der Waals surface area contributed by atoms with Gasteiger partial charge in [0.05, 0.1) is 12.5 Å². The molecule has 0 saturated carbocycles. The lowest BCUT2D eigenvalue weighted by Crippen LogP contribution is -2.40. The Morgan fingerprint density at radius 2 is 2.03 bits per heavy atom. The van der Waals surface area contributed by atoms with Gasteiger partial charge < -0.3 is 14.7 Å². The summed E-state index contributed by atoms with van der Waals surface area (Å²) < 4.78 is 5.50. The Hall–Kier alpha value is -3.52. The number of benzene rings is 2. The molecule has 1 atom stereocenters. The molecule has 35 heavy (non-hydrogen) atoms. The molecule has 0 spiro atoms. The van der Waals surface area contributed by atoms with Crippen molar-refractivity contribution < 1.29 is 14.1 Å². The van der Waals surface area contributed by atoms with Gasteiger partial charge >= 0.3 is 0 Å². The van der Waals surface area contributed by atoms with Crippen molar-refractivity contribution in [2.75, 3.05) is 29.9 Å². The fourth-order valence-electron chi connectivity index (χ4n) is 5.01. The Balaban J connectivity index is 1.19. The number of nitrogens with zero attached hydrogens (tertiary/aromatic N) is 4. The van der Waals surface area contributed by atoms with E-state index in [0.29, 0.717) is 31.2 Å². The molecule has 182 valence electrons. The fourth-order valence-corrected chi connectivity index (χ4v) is 5.01. The molecule has 1 N–H and O–H groups in total. The Morgan fingerprint density at radius 3 is 2.80 bits per heavy atom. The number of nitrogens with one attached hydrogen (secondary N) is 1. The lowest BCUT2D eigenvalue weighted by Gasteiger charge is -2.31. The van der Waals surface area contributed by atoms with Gasteiger partial charge in [-0.05, 0) is 69.5 Å². The molecular weight excluding hydrogens is 442 g/mol. The topological polar surface area (TPSA) is 91.6 Å². The van der Waals surface area contributed by atoms with E-state index in [1.165, 1.54) is 0 Å². The van der Waals surface area contributed by atoms with Crippen LogP contribution in [0, 0.1) is 19.8 Å². The third-order valence-corrected chi connectivity index (χ3v) is 6.81. The summed E-state index contributed by atoms with van der Waals surface area (Å²) in [5.41, 5.74) is 4.77. The van der Waals surface area contributed by atoms with Crippen LogP contribution in [-0.2, 0) is 16.1 Å². The highest BCUT2D eigenvalue weighted by Crippen LogP contribution is 2.28. The molecule has 2 fully saturated rings. The van der Waals surface area contributed by atoms with Crippen LogP contribution in [0.5, 0.6) is 0 Å². The second kappa shape index (κ2) is 10.00. The first kappa shape index (κ1) is 23.2. The van der Waals surface area contributed by atoms with Gasteiger partial charge in [-0.3, -0.25) is 14.5 Å². The van der Waals surface area contributed by atoms with Crippen LogP contribution in [0.3, 0.4) is 0 Å². The van der Waals surface area contributed by atoms with E-state index < -0.39 is 0 Å². The van der Waals surface area contributed by atoms with E-state index in [2.05, 4.69) is 20.4 Å². The predicted molar refractivity (Wildman–Crippen MR) is 134 cm³/mol. The van der Waals surface area contributed by atoms with E-state index in [9.17, 15) is 9.59 Å². The van der Waals surface area contributed by atoms with Crippen molar-refractivity contribution in [3.05, 3.63) is 59.5 Å². The van der Waals surface area contributed by atoms with Crippen LogP contribution >= 0.6 is 0 Å². The molecule has 0 bridgehead atoms. The molecule has 1 unspecified atom stereocenters. The van der Waals surface area contributed by atoms with Crippen molar-refractivity contribution >= 4 is 23.2 Å². The number of aromatic nitrogens is 2. The molecule has 8 heteroatoms. The summed E-state index contributed by atoms with van der Waals surface area (Å²) in [6.07, 6.45) is 3.28. The van der Waals surface area contributed by atoms with Gasteiger partial charge in [-0.1, -0.05) is 28.9 Å². The van der Waals surface area contributed by atoms with Crippen LogP contribution in [-0.4, -0.2) is 46.5 Å². The van der Waals surface area contributed by atoms with Crippen molar-refractivity contribution in [2.45, 2.75) is 46.1 Å². The molecule has 3 aromatic rings. The SMILES string of the molecule is Cc1cccc(-c2noc(CN3CCCC(C(=O)Nc4ccc(N5CCCC5=O)c(C)c4)C3)n2)c1. The molecule has 2 amide bonds. The highest BCUT2D eigenvalue weighted by Gasteiger charge is 2.28. The molecule has 2 aliphatic rings. The van der Waals surface area contributed by atoms with Crippen LogP contribution in [0.4, 0.5) is 11.4 Å². The van der Waals surface area contributed by atoms with E-state index in [-0.39, 0.29) is 17.7 Å². The van der Waals surface area contributed by atoms with Gasteiger partial charge in [-0.2, -0.15) is 4.98 Å². The fraction of sp³-hybridized carbons (Fsp3) is 0.407. The number of aryl methyl sites for hydroxylation is 2. The average molecular weight is 474 g/mol. The van der Waals surface area contributed by atoms with Gasteiger partial charge in [0.2, 0.25) is 23.5 Å². The highest BCUT2D eigenvalue weighted by atomic mass is 16.5. The second-order valence-corrected chi connectivity index (χ2v) is 9.59. The predicted octanol–water partition coefficient (Wildman–Crippen LogP) is 4.33. The summed E-state index contributed by atoms with van der Waals surface area (Å²) in [6, 6.07) is 13.8. The van der Waals surface area contributed by atoms with Crippen molar-refractivity contribution in [3.63, 3.8) is 0 Å². The molecule has 2 aromatic carbocycles. The number of hydrogen-bond donors (Lipinski definition) is 1. The highest BCUT2D eigenvalue weighted by molar-refractivity contribution is 5.97. The number of rotatable bonds is 6. The lowest BCUT2D eigenvalue weighted by molar-refractivity contribution is -0.121. The van der Waals surface area contributed by atoms with E-state index in [0.717, 1.165) is 60.4 Å². The molecule has 3 heterocycles. The minimum absolute atomic E-state index is 0.0186. The number of amides is 2. The first-order chi connectivity index (χ1) is 17.0. The van der Waals surface area contributed by atoms with Crippen LogP contribution in [0.1, 0.15) is 42.7 Å². The normalized spacial score (nSPS) is 18.7. The summed E-state index contributed by atoms with van der Waals surface area (Å²) in [5.74, 6) is 1.22. The van der Waals surface area contributed by atoms with Gasteiger partial charge in [0, 0.05) is 36.4 Å². The molecule has 0 aliphatic carbocycles. The van der Waals surface area contributed by atoms with Gasteiger partial charge in [0.15, 0.2) is 0 Å². The molecule has 2 aliphatic heterocycles. The molecule has 0 radical (unpaired) electrons. The third kappa shape index (κ3) is 5.27. The third-order valence-electron chi connectivity index (χ3n) is 6.81. The number of piperidine rings is 1. The maximum absolute atomic E-state index is 13.0. The maximum atomic E-state index is 13.0. The number of carbonyl (C=O) groups is 2. The van der Waals surface area contributed by atoms with Gasteiger partial charge in [-0.15, -0.1) is 0 Å². The summed E-state index contributed by atoms with van der Waals surface area (Å²) in [6.45, 7) is 6.84. The molecular formula is C27H31N5O3. The van der Waals surface area contributed by atoms with Crippen molar-refractivity contribution in [2.24, 2.45) is 5.92 Å². The zero-order chi connectivity index (χ0) is 24.4. The second-order valence-electron chi connectivity index (χ2n) is 9.59. The zero-order valence-corrected chi connectivity index (χ0v) is 20.3. The van der Waals surface area contributed by atoms with Gasteiger partial charge in [0.1, 0.15) is 0 Å². The van der Waals surface area contributed by atoms with Crippen LogP contribution < -0.4 is 10.2 Å². The van der Waals surface area contributed by atoms with Gasteiger partial charge in [0.25, 0.3) is 0 Å². The van der Waals surface area contributed by atoms with E-state index in [1.54, 1.807) is 0 Å². The largest absolute Gasteiger partial charge is 0.338 e. The standard InChI is InChI=1S/C27H31N5O3/c1-18-6-3-7-20(14-18)26-29-24(35-30-26)17-31-12-4-8-21(16-31)27(34)28-22-10-11-23(19(2)15-22)32-13-5-9-25(32)33/h3,6-7,10-11,14-15,21H,4-5,8-9,12-13,16-17H2,1-2H3,(H,28,34). The number of carbonyl (C=O) groups excluding carboxylic acids is 2. The molecule has 1 aromatic heterocycles. The molecule has 8 nitrogen and oxygen atoms in total. The van der Waals surface area contributed by atoms with Crippen LogP contribution in [0.2, 0.25) is 0 Å². The summed E-state index contributed by atoms with van der Waals surface area (Å²) >= 11 is 0. The Kier molecular flexibility index (Phi) is 6.63. The first-order valence-corrected chi connectivity index (χ1v) is 12.3. The minimum atomic E-state index is -0.108. The molecule has 5 rings (SSSR count). The van der Waals surface area contributed by atoms with Crippen molar-refractivity contribution in [1.29, 1.82) is 0 Å². The minimum Gasteiger partial charge on any atom is -0.338 e. The average Bonchev–Trinajstić information content (AvgIpc) is 3.48. The van der Waals surface area contributed by atoms with E-state index in [1.807, 2.05) is 61.2 Å². The summed E-state index contributed by atoms with van der Waals surface area (Å²) in [7, 11) is 0. The monoisotopic (exact) mass is 473 g/mol. The zero-order valence-electron chi connectivity index (χ0n) is 20.3. The molecule has 2 saturated heterocycles. The van der Waals surface area contributed by atoms with Crippen molar-refractivity contribution in [3.8, 4) is 11.4 Å². The smallest absolute Gasteiger partial charge is 0.241 e. The maximum Gasteiger partial charge on any atom is 0.241 e. The van der Waals surface area contributed by atoms with E-state index >= 15 is 0 Å². The van der Waals surface area contributed by atoms with E-state index in [4.69, 9.17) is 4.52 Å². The Labute approximate surface area is 205 Å². The number of likely N-dealkylation sites (tertiary alicyclic amines) is 1. The first-order valence-electron chi connectivity index (χ1n) is 12.3. The quantitative estimate of drug-likeness (QED) is 0.573. The number of hydrogen-bond acceptors (Lipinski definition) is 6. The Morgan fingerprint density at radius 1 is 1.14 bits per heavy atom. The summed E-state index contributed by atoms with van der Waals surface area (Å²) in [5, 5.41) is 7.21. The summed E-state index contributed by atoms with van der Waals surface area (Å²) in [4.78, 5) is 33.7. The lowest BCUT2D eigenvalue weighted by atomic mass is 9.97. The van der Waals surface area contributed by atoms with Crippen molar-refractivity contribution in [1.82, 2.24) is 15.0 Å². The van der Waals surface area contributed by atoms with Crippen LogP contribution in [0.15, 0.2) is 47.0 Å². The number of anilines is 2. The Bertz CT molecular complexity index is 1240. The van der Waals surface area contributed by atoms with Crippen LogP contribution in [0.25, 0.3) is 11.4 Å². The van der Waals surface area contributed by atoms with Gasteiger partial charge in [-0.25, -0.2) is 0 Å².